The number of carbonyl (C=O) groups is 1. The lowest BCUT2D eigenvalue weighted by Gasteiger charge is -2.20. The molecule has 3 aromatic rings. The topological polar surface area (TPSA) is 96.6 Å². The monoisotopic (exact) mass is 440 g/mol. The molecule has 1 amide bonds. The van der Waals surface area contributed by atoms with E-state index in [0.717, 1.165) is 9.18 Å². The van der Waals surface area contributed by atoms with Gasteiger partial charge < -0.3 is 9.42 Å². The van der Waals surface area contributed by atoms with Gasteiger partial charge in [-0.3, -0.25) is 4.79 Å². The first-order valence-electron chi connectivity index (χ1n) is 8.09. The number of amides is 1. The fraction of sp³-hybridized carbons (Fsp3) is 0.235. The number of hydrogen-bond acceptors (Lipinski definition) is 7. The predicted molar refractivity (Wildman–Crippen MR) is 105 cm³/mol. The van der Waals surface area contributed by atoms with Gasteiger partial charge in [-0.25, -0.2) is 8.42 Å². The zero-order chi connectivity index (χ0) is 20.3. The molecule has 148 valence electrons. The van der Waals surface area contributed by atoms with E-state index in [4.69, 9.17) is 16.1 Å². The summed E-state index contributed by atoms with van der Waals surface area (Å²) in [4.78, 5) is 18.9. The van der Waals surface area contributed by atoms with Crippen LogP contribution in [-0.4, -0.2) is 54.3 Å². The van der Waals surface area contributed by atoms with Crippen LogP contribution in [0.5, 0.6) is 0 Å². The van der Waals surface area contributed by atoms with Crippen LogP contribution in [0.2, 0.25) is 5.02 Å². The first-order chi connectivity index (χ1) is 13.3. The Morgan fingerprint density at radius 1 is 1.21 bits per heavy atom. The molecule has 0 aliphatic heterocycles. The SMILES string of the molecule is CN(Cc1nc(-c2cccs2)no1)C(=O)CN(C)S(=O)(=O)c1ccc(Cl)cc1. The van der Waals surface area contributed by atoms with Gasteiger partial charge in [0.1, 0.15) is 0 Å². The molecule has 0 unspecified atom stereocenters. The van der Waals surface area contributed by atoms with E-state index in [1.54, 1.807) is 7.05 Å². The van der Waals surface area contributed by atoms with E-state index in [1.165, 1.54) is 47.5 Å². The van der Waals surface area contributed by atoms with Gasteiger partial charge in [-0.05, 0) is 35.7 Å². The van der Waals surface area contributed by atoms with Crippen molar-refractivity contribution in [2.24, 2.45) is 0 Å². The van der Waals surface area contributed by atoms with Crippen molar-refractivity contribution in [2.75, 3.05) is 20.6 Å². The minimum Gasteiger partial charge on any atom is -0.337 e. The van der Waals surface area contributed by atoms with Crippen LogP contribution >= 0.6 is 22.9 Å². The molecule has 0 spiro atoms. The summed E-state index contributed by atoms with van der Waals surface area (Å²) >= 11 is 7.27. The summed E-state index contributed by atoms with van der Waals surface area (Å²) in [6.07, 6.45) is 0. The summed E-state index contributed by atoms with van der Waals surface area (Å²) in [5.74, 6) is 0.312. The largest absolute Gasteiger partial charge is 0.337 e. The highest BCUT2D eigenvalue weighted by atomic mass is 35.5. The van der Waals surface area contributed by atoms with Crippen molar-refractivity contribution in [1.82, 2.24) is 19.3 Å². The molecule has 2 aromatic heterocycles. The van der Waals surface area contributed by atoms with Crippen LogP contribution in [0.15, 0.2) is 51.2 Å². The van der Waals surface area contributed by atoms with Crippen LogP contribution in [0.1, 0.15) is 5.89 Å². The standard InChI is InChI=1S/C17H17ClN4O4S2/c1-21(10-15-19-17(20-26-15)14-4-3-9-27-14)16(23)11-22(2)28(24,25)13-7-5-12(18)6-8-13/h3-9H,10-11H2,1-2H3. The zero-order valence-corrected chi connectivity index (χ0v) is 17.5. The van der Waals surface area contributed by atoms with Crippen LogP contribution in [0.4, 0.5) is 0 Å². The number of sulfonamides is 1. The molecule has 0 aliphatic rings. The second kappa shape index (κ2) is 8.39. The molecule has 0 saturated carbocycles. The molecular weight excluding hydrogens is 424 g/mol. The van der Waals surface area contributed by atoms with Gasteiger partial charge in [0.05, 0.1) is 22.9 Å². The van der Waals surface area contributed by atoms with E-state index in [1.807, 2.05) is 17.5 Å². The third-order valence-electron chi connectivity index (χ3n) is 3.89. The van der Waals surface area contributed by atoms with Crippen molar-refractivity contribution in [3.8, 4) is 10.7 Å². The molecule has 0 radical (unpaired) electrons. The summed E-state index contributed by atoms with van der Waals surface area (Å²) < 4.78 is 31.3. The summed E-state index contributed by atoms with van der Waals surface area (Å²) in [6, 6.07) is 9.50. The Hall–Kier alpha value is -2.27. The minimum atomic E-state index is -3.81. The second-order valence-corrected chi connectivity index (χ2v) is 9.38. The fourth-order valence-corrected chi connectivity index (χ4v) is 4.19. The predicted octanol–water partition coefficient (Wildman–Crippen LogP) is 2.73. The molecular formula is C17H17ClN4O4S2. The molecule has 0 fully saturated rings. The number of thiophene rings is 1. The van der Waals surface area contributed by atoms with Gasteiger partial charge in [0.25, 0.3) is 0 Å². The lowest BCUT2D eigenvalue weighted by molar-refractivity contribution is -0.130. The Morgan fingerprint density at radius 3 is 2.57 bits per heavy atom. The molecule has 0 aliphatic carbocycles. The maximum Gasteiger partial charge on any atom is 0.246 e. The Morgan fingerprint density at radius 2 is 1.93 bits per heavy atom. The third-order valence-corrected chi connectivity index (χ3v) is 6.82. The van der Waals surface area contributed by atoms with Crippen molar-refractivity contribution in [3.05, 3.63) is 52.7 Å². The average molecular weight is 441 g/mol. The van der Waals surface area contributed by atoms with E-state index >= 15 is 0 Å². The third kappa shape index (κ3) is 4.58. The number of rotatable bonds is 7. The van der Waals surface area contributed by atoms with Crippen LogP contribution < -0.4 is 0 Å². The summed E-state index contributed by atoms with van der Waals surface area (Å²) in [6.45, 7) is -0.251. The normalized spacial score (nSPS) is 11.7. The number of hydrogen-bond donors (Lipinski definition) is 0. The summed E-state index contributed by atoms with van der Waals surface area (Å²) in [5.41, 5.74) is 0. The number of aromatic nitrogens is 2. The van der Waals surface area contributed by atoms with Gasteiger partial charge in [-0.2, -0.15) is 9.29 Å². The van der Waals surface area contributed by atoms with Crippen molar-refractivity contribution < 1.29 is 17.7 Å². The van der Waals surface area contributed by atoms with E-state index in [2.05, 4.69) is 10.1 Å². The van der Waals surface area contributed by atoms with Crippen molar-refractivity contribution in [1.29, 1.82) is 0 Å². The minimum absolute atomic E-state index is 0.0624. The fourth-order valence-electron chi connectivity index (χ4n) is 2.30. The van der Waals surface area contributed by atoms with E-state index in [9.17, 15) is 13.2 Å². The lowest BCUT2D eigenvalue weighted by Crippen LogP contribution is -2.39. The highest BCUT2D eigenvalue weighted by Gasteiger charge is 2.25. The summed E-state index contributed by atoms with van der Waals surface area (Å²) in [5, 5.41) is 6.22. The van der Waals surface area contributed by atoms with Gasteiger partial charge in [0.2, 0.25) is 27.6 Å². The molecule has 1 aromatic carbocycles. The first kappa shape index (κ1) is 20.5. The highest BCUT2D eigenvalue weighted by molar-refractivity contribution is 7.89. The van der Waals surface area contributed by atoms with Crippen molar-refractivity contribution in [3.63, 3.8) is 0 Å². The molecule has 28 heavy (non-hydrogen) atoms. The van der Waals surface area contributed by atoms with E-state index < -0.39 is 15.9 Å². The number of nitrogens with zero attached hydrogens (tertiary/aromatic N) is 4. The molecule has 0 atom stereocenters. The molecule has 0 bridgehead atoms. The summed E-state index contributed by atoms with van der Waals surface area (Å²) in [7, 11) is -0.919. The number of carbonyl (C=O) groups excluding carboxylic acids is 1. The van der Waals surface area contributed by atoms with Crippen LogP contribution in [0.25, 0.3) is 10.7 Å². The van der Waals surface area contributed by atoms with E-state index in [0.29, 0.717) is 10.8 Å². The molecule has 0 saturated heterocycles. The lowest BCUT2D eigenvalue weighted by atomic mass is 10.4. The average Bonchev–Trinajstić information content (AvgIpc) is 3.33. The maximum atomic E-state index is 12.6. The Labute approximate surface area is 171 Å². The van der Waals surface area contributed by atoms with Gasteiger partial charge in [-0.1, -0.05) is 22.8 Å². The number of benzene rings is 1. The molecule has 3 rings (SSSR count). The number of halogens is 1. The maximum absolute atomic E-state index is 12.6. The molecule has 11 heteroatoms. The quantitative estimate of drug-likeness (QED) is 0.560. The van der Waals surface area contributed by atoms with Gasteiger partial charge >= 0.3 is 0 Å². The van der Waals surface area contributed by atoms with Crippen molar-refractivity contribution >= 4 is 38.9 Å². The Bertz CT molecular complexity index is 1050. The van der Waals surface area contributed by atoms with Gasteiger partial charge in [0, 0.05) is 19.1 Å². The van der Waals surface area contributed by atoms with Gasteiger partial charge in [0.15, 0.2) is 0 Å². The highest BCUT2D eigenvalue weighted by Crippen LogP contribution is 2.21. The first-order valence-corrected chi connectivity index (χ1v) is 10.8. The van der Waals surface area contributed by atoms with E-state index in [-0.39, 0.29) is 23.9 Å². The second-order valence-electron chi connectivity index (χ2n) is 5.95. The molecule has 2 heterocycles. The smallest absolute Gasteiger partial charge is 0.246 e. The van der Waals surface area contributed by atoms with Crippen LogP contribution in [0, 0.1) is 0 Å². The Kier molecular flexibility index (Phi) is 6.14. The number of likely N-dealkylation sites (N-methyl/N-ethyl adjacent to an activating group) is 2. The van der Waals surface area contributed by atoms with Crippen LogP contribution in [0.3, 0.4) is 0 Å². The zero-order valence-electron chi connectivity index (χ0n) is 15.1. The van der Waals surface area contributed by atoms with Gasteiger partial charge in [-0.15, -0.1) is 11.3 Å². The van der Waals surface area contributed by atoms with Crippen molar-refractivity contribution in [2.45, 2.75) is 11.4 Å². The molecule has 0 N–H and O–H groups in total. The molecule has 8 nitrogen and oxygen atoms in total. The Balaban J connectivity index is 1.63. The van der Waals surface area contributed by atoms with Crippen LogP contribution in [-0.2, 0) is 21.4 Å².